The molecule has 1 saturated heterocycles. The Bertz CT molecular complexity index is 991. The van der Waals surface area contributed by atoms with E-state index in [1.54, 1.807) is 13.8 Å². The van der Waals surface area contributed by atoms with Crippen LogP contribution in [0.5, 0.6) is 0 Å². The molecule has 9 heteroatoms. The lowest BCUT2D eigenvalue weighted by molar-refractivity contribution is -0.240. The second-order valence-electron chi connectivity index (χ2n) is 11.9. The molecule has 0 aromatic carbocycles. The Morgan fingerprint density at radius 1 is 1.26 bits per heavy atom. The summed E-state index contributed by atoms with van der Waals surface area (Å²) in [4.78, 5) is 26.0. The van der Waals surface area contributed by atoms with Crippen LogP contribution in [-0.2, 0) is 19.1 Å². The highest BCUT2D eigenvalue weighted by Crippen LogP contribution is 2.79. The van der Waals surface area contributed by atoms with E-state index in [1.165, 1.54) is 13.0 Å². The molecule has 0 amide bonds. The summed E-state index contributed by atoms with van der Waals surface area (Å²) in [6.45, 7) is 9.75. The van der Waals surface area contributed by atoms with Crippen LogP contribution < -0.4 is 0 Å². The van der Waals surface area contributed by atoms with Crippen LogP contribution in [-0.4, -0.2) is 84.6 Å². The molecule has 0 radical (unpaired) electrons. The number of hydrogen-bond acceptors (Lipinski definition) is 9. The fraction of sp³-hybridized carbons (Fsp3) is 0.840. The SMILES string of the molecule is CCC(C)C(=O)OC12C(O)C(C)C3(O)C(C4OC4(CO)C(O)C4(O)C(=O)C(C)=CC43)C1C2(C)C. The van der Waals surface area contributed by atoms with Crippen LogP contribution in [0.4, 0.5) is 0 Å². The number of aliphatic hydroxyl groups is 5. The van der Waals surface area contributed by atoms with Crippen molar-refractivity contribution in [3.05, 3.63) is 11.6 Å². The number of epoxide rings is 1. The Labute approximate surface area is 198 Å². The molecule has 5 aliphatic rings. The molecule has 0 spiro atoms. The molecule has 34 heavy (non-hydrogen) atoms. The summed E-state index contributed by atoms with van der Waals surface area (Å²) in [5.74, 6) is -5.20. The van der Waals surface area contributed by atoms with Gasteiger partial charge < -0.3 is 35.0 Å². The third kappa shape index (κ3) is 2.28. The average molecular weight is 481 g/mol. The summed E-state index contributed by atoms with van der Waals surface area (Å²) in [7, 11) is 0. The first-order valence-electron chi connectivity index (χ1n) is 12.2. The van der Waals surface area contributed by atoms with E-state index in [1.807, 2.05) is 20.8 Å². The number of ketones is 1. The predicted molar refractivity (Wildman–Crippen MR) is 117 cm³/mol. The summed E-state index contributed by atoms with van der Waals surface area (Å²) in [5.41, 5.74) is -7.87. The van der Waals surface area contributed by atoms with Crippen LogP contribution in [0.15, 0.2) is 11.6 Å². The number of esters is 1. The maximum Gasteiger partial charge on any atom is 0.309 e. The molecule has 0 aromatic rings. The van der Waals surface area contributed by atoms with Gasteiger partial charge in [-0.3, -0.25) is 9.59 Å². The van der Waals surface area contributed by atoms with Gasteiger partial charge in [-0.15, -0.1) is 0 Å². The number of hydrogen-bond donors (Lipinski definition) is 5. The largest absolute Gasteiger partial charge is 0.455 e. The van der Waals surface area contributed by atoms with Crippen molar-refractivity contribution in [2.24, 2.45) is 35.0 Å². The summed E-state index contributed by atoms with van der Waals surface area (Å²) < 4.78 is 11.9. The molecule has 9 nitrogen and oxygen atoms in total. The number of fused-ring (bicyclic) bond motifs is 7. The minimum atomic E-state index is -2.43. The zero-order valence-electron chi connectivity index (χ0n) is 20.5. The lowest BCUT2D eigenvalue weighted by Crippen LogP contribution is -2.68. The molecular weight excluding hydrogens is 444 g/mol. The van der Waals surface area contributed by atoms with Crippen LogP contribution in [0, 0.1) is 35.0 Å². The molecule has 0 aromatic heterocycles. The maximum atomic E-state index is 13.1. The molecule has 5 N–H and O–H groups in total. The van der Waals surface area contributed by atoms with E-state index in [9.17, 15) is 35.1 Å². The number of aliphatic hydroxyl groups excluding tert-OH is 3. The number of Topliss-reactive ketones (excluding diaryl/α,β-unsaturated/α-hetero) is 1. The molecule has 3 saturated carbocycles. The molecule has 12 atom stereocenters. The van der Waals surface area contributed by atoms with Crippen molar-refractivity contribution < 1.29 is 44.6 Å². The van der Waals surface area contributed by atoms with Gasteiger partial charge in [-0.05, 0) is 18.9 Å². The van der Waals surface area contributed by atoms with E-state index >= 15 is 0 Å². The zero-order valence-corrected chi connectivity index (χ0v) is 20.5. The molecular formula is C25H36O9. The van der Waals surface area contributed by atoms with Crippen LogP contribution in [0.25, 0.3) is 0 Å². The zero-order chi connectivity index (χ0) is 25.4. The third-order valence-corrected chi connectivity index (χ3v) is 10.3. The van der Waals surface area contributed by atoms with E-state index in [0.29, 0.717) is 6.42 Å². The van der Waals surface area contributed by atoms with Crippen molar-refractivity contribution in [1.82, 2.24) is 0 Å². The lowest BCUT2D eigenvalue weighted by Gasteiger charge is -2.53. The summed E-state index contributed by atoms with van der Waals surface area (Å²) >= 11 is 0. The third-order valence-electron chi connectivity index (χ3n) is 10.3. The van der Waals surface area contributed by atoms with Crippen LogP contribution in [0.3, 0.4) is 0 Å². The first-order valence-corrected chi connectivity index (χ1v) is 12.2. The topological polar surface area (TPSA) is 157 Å². The lowest BCUT2D eigenvalue weighted by atomic mass is 9.58. The molecule has 4 aliphatic carbocycles. The van der Waals surface area contributed by atoms with Gasteiger partial charge in [-0.1, -0.05) is 40.7 Å². The van der Waals surface area contributed by atoms with Crippen molar-refractivity contribution in [2.75, 3.05) is 6.61 Å². The molecule has 4 fully saturated rings. The monoisotopic (exact) mass is 480 g/mol. The maximum absolute atomic E-state index is 13.1. The van der Waals surface area contributed by atoms with Gasteiger partial charge in [0.1, 0.15) is 17.3 Å². The van der Waals surface area contributed by atoms with E-state index in [0.717, 1.165) is 0 Å². The molecule has 0 bridgehead atoms. The predicted octanol–water partition coefficient (Wildman–Crippen LogP) is -0.291. The normalized spacial score (nSPS) is 55.1. The number of ether oxygens (including phenoxy) is 2. The highest BCUT2D eigenvalue weighted by Gasteiger charge is 2.92. The Hall–Kier alpha value is -1.36. The van der Waals surface area contributed by atoms with Gasteiger partial charge in [0.25, 0.3) is 0 Å². The second-order valence-corrected chi connectivity index (χ2v) is 11.9. The quantitative estimate of drug-likeness (QED) is 0.269. The first kappa shape index (κ1) is 24.3. The summed E-state index contributed by atoms with van der Waals surface area (Å²) in [5, 5.41) is 57.2. The standard InChI is InChI=1S/C25H36O9/c1-7-10(2)19(29)34-25-15(21(25,5)6)14-18-22(9-26,33-18)20(30)24(32)13(8-11(3)16(24)27)23(14,31)12(4)17(25)28/h8,10,12-15,17-18,20,26,28,30-32H,7,9H2,1-6H3. The van der Waals surface area contributed by atoms with Crippen molar-refractivity contribution in [3.8, 4) is 0 Å². The molecule has 12 unspecified atom stereocenters. The highest BCUT2D eigenvalue weighted by molar-refractivity contribution is 6.05. The minimum Gasteiger partial charge on any atom is -0.455 e. The van der Waals surface area contributed by atoms with Crippen molar-refractivity contribution >= 4 is 11.8 Å². The van der Waals surface area contributed by atoms with E-state index < -0.39 is 88.2 Å². The summed E-state index contributed by atoms with van der Waals surface area (Å²) in [6, 6.07) is 0. The fourth-order valence-electron chi connectivity index (χ4n) is 7.95. The molecule has 5 rings (SSSR count). The average Bonchev–Trinajstić information content (AvgIpc) is 3.62. The van der Waals surface area contributed by atoms with E-state index in [4.69, 9.17) is 9.47 Å². The molecule has 1 aliphatic heterocycles. The summed E-state index contributed by atoms with van der Waals surface area (Å²) in [6.07, 6.45) is -1.97. The van der Waals surface area contributed by atoms with E-state index in [2.05, 4.69) is 0 Å². The van der Waals surface area contributed by atoms with Crippen molar-refractivity contribution in [1.29, 1.82) is 0 Å². The smallest absolute Gasteiger partial charge is 0.309 e. The second kappa shape index (κ2) is 6.69. The highest BCUT2D eigenvalue weighted by atomic mass is 16.6. The van der Waals surface area contributed by atoms with Gasteiger partial charge in [0.05, 0.1) is 30.3 Å². The molecule has 190 valence electrons. The van der Waals surface area contributed by atoms with Crippen LogP contribution in [0.2, 0.25) is 0 Å². The van der Waals surface area contributed by atoms with Crippen molar-refractivity contribution in [2.45, 2.75) is 88.7 Å². The first-order chi connectivity index (χ1) is 15.6. The van der Waals surface area contributed by atoms with Gasteiger partial charge in [-0.2, -0.15) is 0 Å². The Morgan fingerprint density at radius 3 is 2.44 bits per heavy atom. The number of carbonyl (C=O) groups is 2. The minimum absolute atomic E-state index is 0.183. The van der Waals surface area contributed by atoms with Gasteiger partial charge in [0.2, 0.25) is 0 Å². The Kier molecular flexibility index (Phi) is 4.79. The van der Waals surface area contributed by atoms with Crippen molar-refractivity contribution in [3.63, 3.8) is 0 Å². The van der Waals surface area contributed by atoms with Gasteiger partial charge >= 0.3 is 5.97 Å². The Morgan fingerprint density at radius 2 is 1.88 bits per heavy atom. The van der Waals surface area contributed by atoms with Gasteiger partial charge in [0, 0.05) is 29.1 Å². The van der Waals surface area contributed by atoms with Gasteiger partial charge in [0.15, 0.2) is 11.4 Å². The number of rotatable bonds is 4. The number of carbonyl (C=O) groups excluding carboxylic acids is 2. The Balaban J connectivity index is 1.70. The molecule has 1 heterocycles. The fourth-order valence-corrected chi connectivity index (χ4v) is 7.95. The van der Waals surface area contributed by atoms with Crippen LogP contribution >= 0.6 is 0 Å². The van der Waals surface area contributed by atoms with Gasteiger partial charge in [-0.25, -0.2) is 0 Å². The van der Waals surface area contributed by atoms with Crippen LogP contribution in [0.1, 0.15) is 48.0 Å². The van der Waals surface area contributed by atoms with E-state index in [-0.39, 0.29) is 11.5 Å².